The third-order valence-electron chi connectivity index (χ3n) is 4.23. The lowest BCUT2D eigenvalue weighted by molar-refractivity contribution is -0.115. The molecule has 132 valence electrons. The van der Waals surface area contributed by atoms with Gasteiger partial charge in [0.25, 0.3) is 0 Å². The fraction of sp³-hybridized carbons (Fsp3) is 0.150. The second-order valence-corrected chi connectivity index (χ2v) is 6.06. The number of amides is 2. The molecule has 3 N–H and O–H groups in total. The number of para-hydroxylation sites is 1. The van der Waals surface area contributed by atoms with E-state index in [1.54, 1.807) is 24.3 Å². The Morgan fingerprint density at radius 1 is 1.04 bits per heavy atom. The Hall–Kier alpha value is -3.41. The topological polar surface area (TPSA) is 90.0 Å². The van der Waals surface area contributed by atoms with Crippen molar-refractivity contribution in [3.05, 3.63) is 77.1 Å². The summed E-state index contributed by atoms with van der Waals surface area (Å²) in [4.78, 5) is 23.5. The Morgan fingerprint density at radius 2 is 1.69 bits per heavy atom. The van der Waals surface area contributed by atoms with E-state index in [9.17, 15) is 9.59 Å². The van der Waals surface area contributed by atoms with Crippen LogP contribution in [0.1, 0.15) is 27.3 Å². The quantitative estimate of drug-likeness (QED) is 0.743. The van der Waals surface area contributed by atoms with Crippen molar-refractivity contribution in [2.45, 2.75) is 20.3 Å². The van der Waals surface area contributed by atoms with Gasteiger partial charge in [-0.25, -0.2) is 4.68 Å². The monoisotopic (exact) mass is 348 g/mol. The van der Waals surface area contributed by atoms with Crippen LogP contribution < -0.4 is 11.1 Å². The highest BCUT2D eigenvalue weighted by Gasteiger charge is 2.16. The maximum absolute atomic E-state index is 12.4. The molecule has 0 spiro atoms. The minimum Gasteiger partial charge on any atom is -0.366 e. The first-order valence-corrected chi connectivity index (χ1v) is 8.26. The maximum atomic E-state index is 12.4. The van der Waals surface area contributed by atoms with E-state index in [0.29, 0.717) is 11.3 Å². The molecule has 0 aliphatic carbocycles. The Labute approximate surface area is 151 Å². The number of anilines is 1. The zero-order valence-corrected chi connectivity index (χ0v) is 14.7. The largest absolute Gasteiger partial charge is 0.366 e. The molecule has 2 aromatic carbocycles. The standard InChI is InChI=1S/C20H20N4O2/c1-13-18(14(2)24(23-13)17-6-4-3-5-7-17)12-19(25)22-16-10-8-15(9-11-16)20(21)26/h3-11H,12H2,1-2H3,(H2,21,26)(H,22,25). The van der Waals surface area contributed by atoms with Gasteiger partial charge in [-0.05, 0) is 50.2 Å². The van der Waals surface area contributed by atoms with Gasteiger partial charge >= 0.3 is 0 Å². The van der Waals surface area contributed by atoms with Gasteiger partial charge in [0.1, 0.15) is 0 Å². The lowest BCUT2D eigenvalue weighted by Crippen LogP contribution is -2.16. The molecule has 0 bridgehead atoms. The Kier molecular flexibility index (Phi) is 4.84. The number of carbonyl (C=O) groups is 2. The maximum Gasteiger partial charge on any atom is 0.248 e. The molecule has 3 rings (SSSR count). The molecule has 0 saturated carbocycles. The van der Waals surface area contributed by atoms with Gasteiger partial charge in [0.05, 0.1) is 17.8 Å². The highest BCUT2D eigenvalue weighted by molar-refractivity contribution is 5.95. The molecule has 0 aliphatic heterocycles. The van der Waals surface area contributed by atoms with E-state index in [1.165, 1.54) is 0 Å². The summed E-state index contributed by atoms with van der Waals surface area (Å²) in [5.41, 5.74) is 9.86. The first kappa shape index (κ1) is 17.4. The summed E-state index contributed by atoms with van der Waals surface area (Å²) < 4.78 is 1.85. The molecular weight excluding hydrogens is 328 g/mol. The van der Waals surface area contributed by atoms with Crippen molar-refractivity contribution in [2.75, 3.05) is 5.32 Å². The summed E-state index contributed by atoms with van der Waals surface area (Å²) in [5.74, 6) is -0.641. The second-order valence-electron chi connectivity index (χ2n) is 6.06. The molecule has 2 amide bonds. The number of nitrogens with one attached hydrogen (secondary N) is 1. The van der Waals surface area contributed by atoms with Crippen molar-refractivity contribution in [3.63, 3.8) is 0 Å². The number of primary amides is 1. The van der Waals surface area contributed by atoms with Crippen LogP contribution in [0.2, 0.25) is 0 Å². The molecular formula is C20H20N4O2. The third-order valence-corrected chi connectivity index (χ3v) is 4.23. The molecule has 0 fully saturated rings. The molecule has 1 aromatic heterocycles. The van der Waals surface area contributed by atoms with Crippen LogP contribution in [0.5, 0.6) is 0 Å². The summed E-state index contributed by atoms with van der Waals surface area (Å²) in [5, 5.41) is 7.39. The Bertz CT molecular complexity index is 944. The van der Waals surface area contributed by atoms with Crippen LogP contribution >= 0.6 is 0 Å². The average Bonchev–Trinajstić information content (AvgIpc) is 2.91. The number of aromatic nitrogens is 2. The van der Waals surface area contributed by atoms with Crippen LogP contribution in [0.3, 0.4) is 0 Å². The number of aryl methyl sites for hydroxylation is 1. The van der Waals surface area contributed by atoms with E-state index in [0.717, 1.165) is 22.6 Å². The minimum atomic E-state index is -0.498. The molecule has 0 saturated heterocycles. The van der Waals surface area contributed by atoms with E-state index in [2.05, 4.69) is 10.4 Å². The van der Waals surface area contributed by atoms with Crippen molar-refractivity contribution < 1.29 is 9.59 Å². The summed E-state index contributed by atoms with van der Waals surface area (Å²) in [6.45, 7) is 3.86. The zero-order valence-electron chi connectivity index (χ0n) is 14.7. The number of carbonyl (C=O) groups excluding carboxylic acids is 2. The van der Waals surface area contributed by atoms with Crippen LogP contribution in [-0.2, 0) is 11.2 Å². The first-order valence-electron chi connectivity index (χ1n) is 8.26. The van der Waals surface area contributed by atoms with Gasteiger partial charge in [-0.3, -0.25) is 9.59 Å². The number of hydrogen-bond donors (Lipinski definition) is 2. The SMILES string of the molecule is Cc1nn(-c2ccccc2)c(C)c1CC(=O)Nc1ccc(C(N)=O)cc1. The van der Waals surface area contributed by atoms with Gasteiger partial charge in [-0.2, -0.15) is 5.10 Å². The van der Waals surface area contributed by atoms with Crippen LogP contribution in [0.4, 0.5) is 5.69 Å². The summed E-state index contributed by atoms with van der Waals surface area (Å²) in [6.07, 6.45) is 0.224. The van der Waals surface area contributed by atoms with Crippen molar-refractivity contribution in [3.8, 4) is 5.69 Å². The Balaban J connectivity index is 1.75. The highest BCUT2D eigenvalue weighted by atomic mass is 16.2. The predicted octanol–water partition coefficient (Wildman–Crippen LogP) is 2.77. The smallest absolute Gasteiger partial charge is 0.248 e. The molecule has 3 aromatic rings. The number of benzene rings is 2. The van der Waals surface area contributed by atoms with Crippen molar-refractivity contribution in [1.82, 2.24) is 9.78 Å². The second kappa shape index (κ2) is 7.23. The van der Waals surface area contributed by atoms with E-state index in [1.807, 2.05) is 48.9 Å². The molecule has 6 nitrogen and oxygen atoms in total. The molecule has 0 radical (unpaired) electrons. The third kappa shape index (κ3) is 3.64. The molecule has 0 atom stereocenters. The molecule has 26 heavy (non-hydrogen) atoms. The summed E-state index contributed by atoms with van der Waals surface area (Å²) in [7, 11) is 0. The van der Waals surface area contributed by atoms with Gasteiger partial charge in [-0.1, -0.05) is 18.2 Å². The lowest BCUT2D eigenvalue weighted by atomic mass is 10.1. The Morgan fingerprint density at radius 3 is 2.31 bits per heavy atom. The lowest BCUT2D eigenvalue weighted by Gasteiger charge is -2.07. The van der Waals surface area contributed by atoms with Crippen molar-refractivity contribution in [1.29, 1.82) is 0 Å². The highest BCUT2D eigenvalue weighted by Crippen LogP contribution is 2.19. The van der Waals surface area contributed by atoms with Crippen LogP contribution in [0.15, 0.2) is 54.6 Å². The molecule has 0 aliphatic rings. The van der Waals surface area contributed by atoms with Gasteiger partial charge in [0.15, 0.2) is 0 Å². The number of nitrogens with zero attached hydrogens (tertiary/aromatic N) is 2. The fourth-order valence-corrected chi connectivity index (χ4v) is 2.83. The van der Waals surface area contributed by atoms with E-state index in [-0.39, 0.29) is 12.3 Å². The van der Waals surface area contributed by atoms with Gasteiger partial charge in [0, 0.05) is 22.5 Å². The fourth-order valence-electron chi connectivity index (χ4n) is 2.83. The zero-order chi connectivity index (χ0) is 18.7. The average molecular weight is 348 g/mol. The molecule has 1 heterocycles. The van der Waals surface area contributed by atoms with Crippen LogP contribution in [0.25, 0.3) is 5.69 Å². The van der Waals surface area contributed by atoms with Gasteiger partial charge in [0.2, 0.25) is 11.8 Å². The molecule has 0 unspecified atom stereocenters. The predicted molar refractivity (Wildman–Crippen MR) is 100 cm³/mol. The van der Waals surface area contributed by atoms with Crippen molar-refractivity contribution >= 4 is 17.5 Å². The number of rotatable bonds is 5. The number of nitrogens with two attached hydrogens (primary N) is 1. The minimum absolute atomic E-state index is 0.143. The van der Waals surface area contributed by atoms with Crippen LogP contribution in [0, 0.1) is 13.8 Å². The van der Waals surface area contributed by atoms with E-state index < -0.39 is 5.91 Å². The van der Waals surface area contributed by atoms with Crippen molar-refractivity contribution in [2.24, 2.45) is 5.73 Å². The van der Waals surface area contributed by atoms with E-state index in [4.69, 9.17) is 5.73 Å². The summed E-state index contributed by atoms with van der Waals surface area (Å²) in [6, 6.07) is 16.3. The normalized spacial score (nSPS) is 10.5. The van der Waals surface area contributed by atoms with Gasteiger partial charge < -0.3 is 11.1 Å². The van der Waals surface area contributed by atoms with Gasteiger partial charge in [-0.15, -0.1) is 0 Å². The van der Waals surface area contributed by atoms with E-state index >= 15 is 0 Å². The summed E-state index contributed by atoms with van der Waals surface area (Å²) >= 11 is 0. The first-order chi connectivity index (χ1) is 12.5. The number of hydrogen-bond acceptors (Lipinski definition) is 3. The molecule has 6 heteroatoms. The van der Waals surface area contributed by atoms with Crippen LogP contribution in [-0.4, -0.2) is 21.6 Å².